The molecule has 0 spiro atoms. The monoisotopic (exact) mass is 482 g/mol. The number of hydrogen-bond donors (Lipinski definition) is 2. The van der Waals surface area contributed by atoms with E-state index < -0.39 is 0 Å². The first-order valence-corrected chi connectivity index (χ1v) is 8.66. The number of rotatable bonds is 8. The maximum atomic E-state index is 5.99. The molecule has 1 unspecified atom stereocenters. The van der Waals surface area contributed by atoms with Gasteiger partial charge in [0.15, 0.2) is 5.96 Å². The summed E-state index contributed by atoms with van der Waals surface area (Å²) >= 11 is 5.99. The molecular weight excluding hydrogens is 451 g/mol. The van der Waals surface area contributed by atoms with Crippen LogP contribution < -0.4 is 10.6 Å². The second kappa shape index (κ2) is 11.9. The minimum absolute atomic E-state index is 0. The van der Waals surface area contributed by atoms with Gasteiger partial charge in [-0.1, -0.05) is 23.7 Å². The van der Waals surface area contributed by atoms with Crippen LogP contribution in [0.1, 0.15) is 32.4 Å². The van der Waals surface area contributed by atoms with E-state index in [1.54, 1.807) is 7.11 Å². The average Bonchev–Trinajstić information content (AvgIpc) is 2.54. The molecule has 0 bridgehead atoms. The fourth-order valence-corrected chi connectivity index (χ4v) is 2.28. The summed E-state index contributed by atoms with van der Waals surface area (Å²) in [5.41, 5.74) is 0.935. The summed E-state index contributed by atoms with van der Waals surface area (Å²) in [6, 6.07) is 8.20. The Kier molecular flexibility index (Phi) is 11.7. The zero-order valence-corrected chi connectivity index (χ0v) is 19.2. The van der Waals surface area contributed by atoms with E-state index >= 15 is 0 Å². The Morgan fingerprint density at radius 2 is 1.84 bits per heavy atom. The third kappa shape index (κ3) is 9.08. The molecule has 0 radical (unpaired) electrons. The topological polar surface area (TPSA) is 48.9 Å². The van der Waals surface area contributed by atoms with Gasteiger partial charge in [0.25, 0.3) is 0 Å². The molecule has 5 nitrogen and oxygen atoms in total. The largest absolute Gasteiger partial charge is 0.377 e. The fourth-order valence-electron chi connectivity index (χ4n) is 2.15. The second-order valence-electron chi connectivity index (χ2n) is 6.57. The van der Waals surface area contributed by atoms with Gasteiger partial charge in [0, 0.05) is 25.2 Å². The first kappa shape index (κ1) is 24.4. The van der Waals surface area contributed by atoms with Crippen LogP contribution >= 0.6 is 35.6 Å². The highest BCUT2D eigenvalue weighted by Gasteiger charge is 2.17. The van der Waals surface area contributed by atoms with E-state index in [0.29, 0.717) is 6.54 Å². The van der Waals surface area contributed by atoms with Crippen LogP contribution in [-0.4, -0.2) is 57.3 Å². The van der Waals surface area contributed by atoms with Crippen molar-refractivity contribution in [1.29, 1.82) is 0 Å². The summed E-state index contributed by atoms with van der Waals surface area (Å²) < 4.78 is 5.43. The highest BCUT2D eigenvalue weighted by molar-refractivity contribution is 14.0. The Balaban J connectivity index is 0.00000576. The maximum Gasteiger partial charge on any atom is 0.191 e. The van der Waals surface area contributed by atoms with Gasteiger partial charge in [0.05, 0.1) is 18.2 Å². The van der Waals surface area contributed by atoms with Crippen molar-refractivity contribution < 1.29 is 4.74 Å². The minimum Gasteiger partial charge on any atom is -0.377 e. The van der Waals surface area contributed by atoms with Crippen molar-refractivity contribution in [2.45, 2.75) is 32.4 Å². The molecular formula is C18H32ClIN4O. The summed E-state index contributed by atoms with van der Waals surface area (Å²) in [5, 5.41) is 7.45. The van der Waals surface area contributed by atoms with Crippen molar-refractivity contribution in [2.24, 2.45) is 4.99 Å². The Labute approximate surface area is 174 Å². The lowest BCUT2D eigenvalue weighted by Crippen LogP contribution is -2.42. The Bertz CT molecular complexity index is 520. The highest BCUT2D eigenvalue weighted by Crippen LogP contribution is 2.19. The molecule has 0 amide bonds. The van der Waals surface area contributed by atoms with Crippen LogP contribution in [-0.2, 0) is 4.74 Å². The van der Waals surface area contributed by atoms with Crippen molar-refractivity contribution in [3.8, 4) is 0 Å². The van der Waals surface area contributed by atoms with Gasteiger partial charge in [0.2, 0.25) is 0 Å². The smallest absolute Gasteiger partial charge is 0.191 e. The molecule has 2 N–H and O–H groups in total. The summed E-state index contributed by atoms with van der Waals surface area (Å²) in [6.45, 7) is 8.25. The lowest BCUT2D eigenvalue weighted by molar-refractivity contribution is 0.0310. The number of nitrogens with zero attached hydrogens (tertiary/aromatic N) is 2. The van der Waals surface area contributed by atoms with Crippen LogP contribution in [0.4, 0.5) is 0 Å². The molecule has 0 heterocycles. The van der Waals surface area contributed by atoms with E-state index in [-0.39, 0.29) is 35.6 Å². The lowest BCUT2D eigenvalue weighted by atomic mass is 10.1. The first-order valence-electron chi connectivity index (χ1n) is 8.28. The number of ether oxygens (including phenoxy) is 1. The van der Waals surface area contributed by atoms with Gasteiger partial charge in [0.1, 0.15) is 0 Å². The van der Waals surface area contributed by atoms with E-state index in [0.717, 1.165) is 24.1 Å². The van der Waals surface area contributed by atoms with E-state index in [9.17, 15) is 0 Å². The number of nitrogens with one attached hydrogen (secondary N) is 2. The molecule has 0 fully saturated rings. The Morgan fingerprint density at radius 3 is 2.32 bits per heavy atom. The van der Waals surface area contributed by atoms with Crippen LogP contribution in [0.15, 0.2) is 29.3 Å². The molecule has 0 aromatic heterocycles. The van der Waals surface area contributed by atoms with Gasteiger partial charge >= 0.3 is 0 Å². The number of guanidine groups is 1. The van der Waals surface area contributed by atoms with E-state index in [1.807, 2.05) is 26.0 Å². The number of halogens is 2. The maximum absolute atomic E-state index is 5.99. The van der Waals surface area contributed by atoms with Gasteiger partial charge in [-0.3, -0.25) is 4.99 Å². The molecule has 1 aromatic rings. The normalized spacial score (nSPS) is 13.4. The molecule has 144 valence electrons. The molecule has 0 aliphatic carbocycles. The SMILES string of the molecule is CCNC(=NCC(C)(C)OC)NCC(c1ccc(Cl)cc1)N(C)C.I. The van der Waals surface area contributed by atoms with Gasteiger partial charge in [-0.2, -0.15) is 0 Å². The minimum atomic E-state index is -0.278. The van der Waals surface area contributed by atoms with Crippen molar-refractivity contribution in [3.63, 3.8) is 0 Å². The predicted octanol–water partition coefficient (Wildman–Crippen LogP) is 3.54. The lowest BCUT2D eigenvalue weighted by Gasteiger charge is -2.26. The van der Waals surface area contributed by atoms with Crippen LogP contribution in [0, 0.1) is 0 Å². The first-order chi connectivity index (χ1) is 11.3. The Morgan fingerprint density at radius 1 is 1.24 bits per heavy atom. The number of hydrogen-bond acceptors (Lipinski definition) is 3. The summed E-state index contributed by atoms with van der Waals surface area (Å²) in [7, 11) is 5.84. The summed E-state index contributed by atoms with van der Waals surface area (Å²) in [6.07, 6.45) is 0. The van der Waals surface area contributed by atoms with Crippen molar-refractivity contribution in [1.82, 2.24) is 15.5 Å². The third-order valence-electron chi connectivity index (χ3n) is 3.86. The molecule has 0 saturated heterocycles. The zero-order valence-electron chi connectivity index (χ0n) is 16.1. The quantitative estimate of drug-likeness (QED) is 0.338. The van der Waals surface area contributed by atoms with Gasteiger partial charge in [-0.05, 0) is 52.6 Å². The van der Waals surface area contributed by atoms with Crippen molar-refractivity contribution in [2.75, 3.05) is 40.8 Å². The van der Waals surface area contributed by atoms with Gasteiger partial charge < -0.3 is 20.3 Å². The van der Waals surface area contributed by atoms with Gasteiger partial charge in [-0.15, -0.1) is 24.0 Å². The molecule has 0 saturated carbocycles. The average molecular weight is 483 g/mol. The number of methoxy groups -OCH3 is 1. The number of likely N-dealkylation sites (N-methyl/N-ethyl adjacent to an activating group) is 1. The summed E-state index contributed by atoms with van der Waals surface area (Å²) in [4.78, 5) is 6.80. The van der Waals surface area contributed by atoms with Crippen LogP contribution in [0.25, 0.3) is 0 Å². The molecule has 1 aromatic carbocycles. The zero-order chi connectivity index (χ0) is 18.2. The molecule has 1 rings (SSSR count). The molecule has 25 heavy (non-hydrogen) atoms. The van der Waals surface area contributed by atoms with Gasteiger partial charge in [-0.25, -0.2) is 0 Å². The van der Waals surface area contributed by atoms with Crippen molar-refractivity contribution in [3.05, 3.63) is 34.9 Å². The van der Waals surface area contributed by atoms with E-state index in [4.69, 9.17) is 16.3 Å². The number of benzene rings is 1. The standard InChI is InChI=1S/C18H31ClN4O.HI/c1-7-20-17(22-13-18(2,3)24-6)21-12-16(23(4)5)14-8-10-15(19)11-9-14;/h8-11,16H,7,12-13H2,1-6H3,(H2,20,21,22);1H. The van der Waals surface area contributed by atoms with Crippen molar-refractivity contribution >= 4 is 41.5 Å². The fraction of sp³-hybridized carbons (Fsp3) is 0.611. The molecule has 0 aliphatic rings. The van der Waals surface area contributed by atoms with E-state index in [2.05, 4.69) is 53.7 Å². The highest BCUT2D eigenvalue weighted by atomic mass is 127. The van der Waals surface area contributed by atoms with Crippen LogP contribution in [0.2, 0.25) is 5.02 Å². The summed E-state index contributed by atoms with van der Waals surface area (Å²) in [5.74, 6) is 0.795. The van der Waals surface area contributed by atoms with Crippen LogP contribution in [0.5, 0.6) is 0 Å². The number of aliphatic imine (C=N–C) groups is 1. The Hall–Kier alpha value is -0.570. The molecule has 1 atom stereocenters. The third-order valence-corrected chi connectivity index (χ3v) is 4.11. The predicted molar refractivity (Wildman–Crippen MR) is 118 cm³/mol. The molecule has 7 heteroatoms. The van der Waals surface area contributed by atoms with E-state index in [1.165, 1.54) is 5.56 Å². The van der Waals surface area contributed by atoms with Crippen LogP contribution in [0.3, 0.4) is 0 Å². The molecule has 0 aliphatic heterocycles. The second-order valence-corrected chi connectivity index (χ2v) is 7.01.